The van der Waals surface area contributed by atoms with Crippen LogP contribution in [0.3, 0.4) is 0 Å². The van der Waals surface area contributed by atoms with Crippen molar-refractivity contribution in [2.24, 2.45) is 5.41 Å². The molecule has 0 bridgehead atoms. The van der Waals surface area contributed by atoms with Gasteiger partial charge in [-0.2, -0.15) is 0 Å². The lowest BCUT2D eigenvalue weighted by Crippen LogP contribution is -2.37. The molecule has 0 aromatic heterocycles. The highest BCUT2D eigenvalue weighted by Gasteiger charge is 2.34. The van der Waals surface area contributed by atoms with Crippen LogP contribution in [0.1, 0.15) is 13.3 Å². The summed E-state index contributed by atoms with van der Waals surface area (Å²) >= 11 is 0. The number of aliphatic carboxylic acids is 1. The Kier molecular flexibility index (Phi) is 6.15. The molecule has 0 aliphatic heterocycles. The van der Waals surface area contributed by atoms with Gasteiger partial charge in [0, 0.05) is 0 Å². The van der Waals surface area contributed by atoms with Gasteiger partial charge in [-0.1, -0.05) is 0 Å². The third-order valence-corrected chi connectivity index (χ3v) is 1.93. The minimum absolute atomic E-state index is 0.565. The molecule has 0 aromatic rings. The van der Waals surface area contributed by atoms with E-state index >= 15 is 0 Å². The lowest BCUT2D eigenvalue weighted by atomic mass is 9.93. The van der Waals surface area contributed by atoms with Crippen molar-refractivity contribution in [3.63, 3.8) is 0 Å². The first-order chi connectivity index (χ1) is 7.85. The average Bonchev–Trinajstić information content (AvgIpc) is 2.25. The summed E-state index contributed by atoms with van der Waals surface area (Å²) < 4.78 is 8.58. The predicted molar refractivity (Wildman–Crippen MR) is 51.6 cm³/mol. The van der Waals surface area contributed by atoms with Gasteiger partial charge in [0.15, 0.2) is 6.79 Å². The number of carbonyl (C=O) groups is 3. The van der Waals surface area contributed by atoms with E-state index in [0.717, 1.165) is 0 Å². The maximum atomic E-state index is 11.0. The standard InChI is InChI=1S/C9H14O8/c1-9(3-10,8(14)15)4-16-6(12)2-7(13)17-5-11/h10-11H,2-5H2,1H3,(H,14,15). The Morgan fingerprint density at radius 3 is 2.06 bits per heavy atom. The molecule has 0 fully saturated rings. The number of carbonyl (C=O) groups excluding carboxylic acids is 2. The van der Waals surface area contributed by atoms with E-state index in [-0.39, 0.29) is 0 Å². The number of ether oxygens (including phenoxy) is 2. The van der Waals surface area contributed by atoms with Crippen molar-refractivity contribution >= 4 is 17.9 Å². The smallest absolute Gasteiger partial charge is 0.319 e. The number of aliphatic hydroxyl groups excluding tert-OH is 2. The Bertz CT molecular complexity index is 299. The van der Waals surface area contributed by atoms with Gasteiger partial charge in [0.25, 0.3) is 0 Å². The van der Waals surface area contributed by atoms with Crippen LogP contribution in [-0.2, 0) is 23.9 Å². The van der Waals surface area contributed by atoms with Crippen LogP contribution >= 0.6 is 0 Å². The SMILES string of the molecule is CC(CO)(COC(=O)CC(=O)OCO)C(=O)O. The lowest BCUT2D eigenvalue weighted by Gasteiger charge is -2.21. The van der Waals surface area contributed by atoms with Gasteiger partial charge in [-0.3, -0.25) is 14.4 Å². The fourth-order valence-electron chi connectivity index (χ4n) is 0.707. The van der Waals surface area contributed by atoms with Crippen LogP contribution < -0.4 is 0 Å². The van der Waals surface area contributed by atoms with Crippen molar-refractivity contribution in [3.8, 4) is 0 Å². The molecular formula is C9H14O8. The van der Waals surface area contributed by atoms with E-state index in [1.165, 1.54) is 6.92 Å². The molecule has 0 radical (unpaired) electrons. The summed E-state index contributed by atoms with van der Waals surface area (Å²) in [6, 6.07) is 0. The minimum atomic E-state index is -1.61. The van der Waals surface area contributed by atoms with E-state index in [2.05, 4.69) is 9.47 Å². The normalized spacial score (nSPS) is 13.6. The third kappa shape index (κ3) is 5.27. The molecule has 0 aliphatic rings. The van der Waals surface area contributed by atoms with Crippen LogP contribution in [0.15, 0.2) is 0 Å². The zero-order chi connectivity index (χ0) is 13.5. The minimum Gasteiger partial charge on any atom is -0.481 e. The molecule has 0 spiro atoms. The van der Waals surface area contributed by atoms with Gasteiger partial charge in [0.05, 0.1) is 6.61 Å². The first kappa shape index (κ1) is 15.3. The molecule has 1 atom stereocenters. The lowest BCUT2D eigenvalue weighted by molar-refractivity contribution is -0.164. The fraction of sp³-hybridized carbons (Fsp3) is 0.667. The van der Waals surface area contributed by atoms with Gasteiger partial charge in [-0.05, 0) is 6.92 Å². The molecule has 8 nitrogen and oxygen atoms in total. The Morgan fingerprint density at radius 1 is 1.12 bits per heavy atom. The van der Waals surface area contributed by atoms with Crippen LogP contribution in [0.25, 0.3) is 0 Å². The van der Waals surface area contributed by atoms with Crippen molar-refractivity contribution in [1.82, 2.24) is 0 Å². The van der Waals surface area contributed by atoms with Crippen molar-refractivity contribution in [3.05, 3.63) is 0 Å². The summed E-state index contributed by atoms with van der Waals surface area (Å²) in [5.41, 5.74) is -1.61. The summed E-state index contributed by atoms with van der Waals surface area (Å²) in [4.78, 5) is 32.5. The Morgan fingerprint density at radius 2 is 1.65 bits per heavy atom. The number of hydrogen-bond donors (Lipinski definition) is 3. The molecule has 3 N–H and O–H groups in total. The van der Waals surface area contributed by atoms with E-state index in [4.69, 9.17) is 15.3 Å². The second-order valence-electron chi connectivity index (χ2n) is 3.51. The number of carboxylic acids is 1. The van der Waals surface area contributed by atoms with Gasteiger partial charge in [0.2, 0.25) is 0 Å². The highest BCUT2D eigenvalue weighted by atomic mass is 16.6. The topological polar surface area (TPSA) is 130 Å². The van der Waals surface area contributed by atoms with Gasteiger partial charge in [-0.15, -0.1) is 0 Å². The Balaban J connectivity index is 4.15. The Labute approximate surface area is 96.8 Å². The second kappa shape index (κ2) is 6.81. The van der Waals surface area contributed by atoms with Crippen LogP contribution in [0, 0.1) is 5.41 Å². The summed E-state index contributed by atoms with van der Waals surface area (Å²) in [6.07, 6.45) is -0.734. The zero-order valence-electron chi connectivity index (χ0n) is 9.21. The summed E-state index contributed by atoms with van der Waals surface area (Å²) in [6.45, 7) is -0.939. The van der Waals surface area contributed by atoms with Gasteiger partial charge in [-0.25, -0.2) is 0 Å². The van der Waals surface area contributed by atoms with Crippen molar-refractivity contribution in [2.45, 2.75) is 13.3 Å². The van der Waals surface area contributed by atoms with E-state index in [9.17, 15) is 14.4 Å². The molecule has 0 rings (SSSR count). The molecule has 98 valence electrons. The van der Waals surface area contributed by atoms with Crippen LogP contribution in [-0.4, -0.2) is 53.2 Å². The van der Waals surface area contributed by atoms with Crippen LogP contribution in [0.2, 0.25) is 0 Å². The summed E-state index contributed by atoms with van der Waals surface area (Å²) in [7, 11) is 0. The van der Waals surface area contributed by atoms with Crippen molar-refractivity contribution < 1.29 is 39.2 Å². The van der Waals surface area contributed by atoms with Crippen LogP contribution in [0.5, 0.6) is 0 Å². The van der Waals surface area contributed by atoms with Gasteiger partial charge in [0.1, 0.15) is 18.4 Å². The van der Waals surface area contributed by atoms with E-state index in [1.54, 1.807) is 0 Å². The quantitative estimate of drug-likeness (QED) is 0.282. The molecule has 8 heteroatoms. The second-order valence-corrected chi connectivity index (χ2v) is 3.51. The number of carboxylic acid groups (broad SMARTS) is 1. The Hall–Kier alpha value is -1.67. The zero-order valence-corrected chi connectivity index (χ0v) is 9.21. The van der Waals surface area contributed by atoms with Gasteiger partial charge < -0.3 is 24.8 Å². The molecule has 17 heavy (non-hydrogen) atoms. The average molecular weight is 250 g/mol. The molecule has 0 amide bonds. The third-order valence-electron chi connectivity index (χ3n) is 1.93. The number of rotatable bonds is 7. The number of hydrogen-bond acceptors (Lipinski definition) is 7. The first-order valence-electron chi connectivity index (χ1n) is 4.62. The predicted octanol–water partition coefficient (Wildman–Crippen LogP) is -1.50. The van der Waals surface area contributed by atoms with Gasteiger partial charge >= 0.3 is 17.9 Å². The maximum absolute atomic E-state index is 11.0. The van der Waals surface area contributed by atoms with Crippen molar-refractivity contribution in [1.29, 1.82) is 0 Å². The highest BCUT2D eigenvalue weighted by molar-refractivity contribution is 5.91. The van der Waals surface area contributed by atoms with E-state index in [0.29, 0.717) is 0 Å². The molecule has 0 aliphatic carbocycles. The molecule has 0 aromatic carbocycles. The number of aliphatic hydroxyl groups is 2. The molecule has 0 heterocycles. The highest BCUT2D eigenvalue weighted by Crippen LogP contribution is 2.16. The molecule has 0 saturated carbocycles. The fourth-order valence-corrected chi connectivity index (χ4v) is 0.707. The largest absolute Gasteiger partial charge is 0.481 e. The maximum Gasteiger partial charge on any atom is 0.319 e. The monoisotopic (exact) mass is 250 g/mol. The molecular weight excluding hydrogens is 236 g/mol. The van der Waals surface area contributed by atoms with Crippen molar-refractivity contribution in [2.75, 3.05) is 20.0 Å². The first-order valence-corrected chi connectivity index (χ1v) is 4.62. The summed E-state index contributed by atoms with van der Waals surface area (Å²) in [5.74, 6) is -3.31. The molecule has 0 saturated heterocycles. The molecule has 1 unspecified atom stereocenters. The van der Waals surface area contributed by atoms with E-state index < -0.39 is 49.8 Å². The number of esters is 2. The van der Waals surface area contributed by atoms with Crippen LogP contribution in [0.4, 0.5) is 0 Å². The van der Waals surface area contributed by atoms with E-state index in [1.807, 2.05) is 0 Å². The summed E-state index contributed by atoms with van der Waals surface area (Å²) in [5, 5.41) is 25.8.